The van der Waals surface area contributed by atoms with Gasteiger partial charge in [-0.2, -0.15) is 0 Å². The summed E-state index contributed by atoms with van der Waals surface area (Å²) < 4.78 is 32.1. The molecule has 1 unspecified atom stereocenters. The first-order valence-corrected chi connectivity index (χ1v) is 12.9. The number of hydrogen-bond acceptors (Lipinski definition) is 6. The van der Waals surface area contributed by atoms with Crippen LogP contribution in [0.4, 0.5) is 15.8 Å². The Morgan fingerprint density at radius 1 is 1.13 bits per heavy atom. The number of carbonyl (C=O) groups excluding carboxylic acids is 1. The average Bonchev–Trinajstić information content (AvgIpc) is 3.29. The van der Waals surface area contributed by atoms with Gasteiger partial charge in [0.2, 0.25) is 0 Å². The van der Waals surface area contributed by atoms with E-state index in [1.807, 2.05) is 6.07 Å². The summed E-state index contributed by atoms with van der Waals surface area (Å²) >= 11 is 0. The van der Waals surface area contributed by atoms with E-state index < -0.39 is 5.82 Å². The van der Waals surface area contributed by atoms with Gasteiger partial charge in [-0.15, -0.1) is 0 Å². The number of halogens is 1. The molecule has 0 saturated heterocycles. The molecule has 8 nitrogen and oxygen atoms in total. The Balaban J connectivity index is 1.65. The number of para-hydroxylation sites is 1. The predicted octanol–water partition coefficient (Wildman–Crippen LogP) is 5.71. The normalized spacial score (nSPS) is 20.2. The van der Waals surface area contributed by atoms with Crippen molar-refractivity contribution < 1.29 is 23.4 Å². The van der Waals surface area contributed by atoms with Crippen molar-refractivity contribution >= 4 is 17.3 Å². The number of hydrogen-bond donors (Lipinski definition) is 3. The van der Waals surface area contributed by atoms with E-state index in [4.69, 9.17) is 14.2 Å². The van der Waals surface area contributed by atoms with Crippen LogP contribution >= 0.6 is 0 Å². The van der Waals surface area contributed by atoms with E-state index in [1.54, 1.807) is 24.5 Å². The smallest absolute Gasteiger partial charge is 0.255 e. The van der Waals surface area contributed by atoms with Crippen LogP contribution in [0, 0.1) is 5.82 Å². The molecule has 1 atom stereocenters. The molecule has 0 radical (unpaired) electrons. The zero-order valence-corrected chi connectivity index (χ0v) is 21.9. The van der Waals surface area contributed by atoms with Crippen molar-refractivity contribution in [2.75, 3.05) is 38.8 Å². The van der Waals surface area contributed by atoms with Crippen molar-refractivity contribution in [1.29, 1.82) is 0 Å². The Morgan fingerprint density at radius 2 is 1.95 bits per heavy atom. The largest absolute Gasteiger partial charge is 0.492 e. The molecule has 3 aromatic rings. The van der Waals surface area contributed by atoms with Crippen LogP contribution in [0.1, 0.15) is 55.1 Å². The fourth-order valence-corrected chi connectivity index (χ4v) is 4.99. The van der Waals surface area contributed by atoms with Crippen LogP contribution in [0.15, 0.2) is 47.8 Å². The highest BCUT2D eigenvalue weighted by molar-refractivity contribution is 6.07. The standard InChI is InChI=1S/C29H33FN4O4/c1-17-8-12-37-13-10-19-15-32-29(35)24-25(19)34-26(20-7-11-31-16-23(20)38-14-9-18(17)2)27(24)33-22-6-4-5-21(30)28(22)36-3/h4-7,11,16,19,33-34H,8-10,12-15H2,1-3H3,(H,32,35)/b18-17-. The van der Waals surface area contributed by atoms with E-state index in [2.05, 4.69) is 34.4 Å². The number of ether oxygens (including phenoxy) is 3. The van der Waals surface area contributed by atoms with Gasteiger partial charge in [-0.25, -0.2) is 4.39 Å². The number of aromatic nitrogens is 2. The van der Waals surface area contributed by atoms with Crippen LogP contribution in [0.25, 0.3) is 11.3 Å². The second kappa shape index (κ2) is 11.3. The summed E-state index contributed by atoms with van der Waals surface area (Å²) in [5, 5.41) is 6.33. The Bertz CT molecular complexity index is 1370. The summed E-state index contributed by atoms with van der Waals surface area (Å²) in [4.78, 5) is 21.1. The highest BCUT2D eigenvalue weighted by atomic mass is 19.1. The van der Waals surface area contributed by atoms with Gasteiger partial charge >= 0.3 is 0 Å². The van der Waals surface area contributed by atoms with Crippen LogP contribution < -0.4 is 20.1 Å². The third kappa shape index (κ3) is 5.11. The maximum Gasteiger partial charge on any atom is 0.255 e. The number of pyridine rings is 1. The number of fused-ring (bicyclic) bond motifs is 3. The molecule has 2 bridgehead atoms. The number of aromatic amines is 1. The molecule has 9 heteroatoms. The Labute approximate surface area is 221 Å². The van der Waals surface area contributed by atoms with Gasteiger partial charge in [0.15, 0.2) is 11.6 Å². The fourth-order valence-electron chi connectivity index (χ4n) is 4.99. The summed E-state index contributed by atoms with van der Waals surface area (Å²) in [7, 11) is 1.42. The Kier molecular flexibility index (Phi) is 7.64. The van der Waals surface area contributed by atoms with Crippen LogP contribution in [-0.2, 0) is 4.74 Å². The van der Waals surface area contributed by atoms with Crippen molar-refractivity contribution in [3.8, 4) is 22.8 Å². The second-order valence-corrected chi connectivity index (χ2v) is 9.70. The summed E-state index contributed by atoms with van der Waals surface area (Å²) in [6.45, 7) is 6.45. The van der Waals surface area contributed by atoms with Gasteiger partial charge in [-0.05, 0) is 44.9 Å². The number of rotatable bonds is 3. The third-order valence-electron chi connectivity index (χ3n) is 7.35. The molecule has 4 heterocycles. The van der Waals surface area contributed by atoms with Gasteiger partial charge in [0.25, 0.3) is 5.91 Å². The van der Waals surface area contributed by atoms with Gasteiger partial charge in [-0.3, -0.25) is 9.78 Å². The molecule has 2 aromatic heterocycles. The third-order valence-corrected chi connectivity index (χ3v) is 7.35. The minimum absolute atomic E-state index is 0.0175. The monoisotopic (exact) mass is 520 g/mol. The zero-order chi connectivity index (χ0) is 26.6. The van der Waals surface area contributed by atoms with Crippen molar-refractivity contribution in [2.24, 2.45) is 0 Å². The van der Waals surface area contributed by atoms with Crippen LogP contribution in [0.5, 0.6) is 11.5 Å². The summed E-state index contributed by atoms with van der Waals surface area (Å²) in [6.07, 6.45) is 5.75. The summed E-state index contributed by atoms with van der Waals surface area (Å²) in [5.41, 5.74) is 6.24. The quantitative estimate of drug-likeness (QED) is 0.383. The lowest BCUT2D eigenvalue weighted by atomic mass is 9.93. The number of benzene rings is 1. The molecule has 200 valence electrons. The first-order chi connectivity index (χ1) is 18.5. The maximum atomic E-state index is 14.6. The molecule has 3 N–H and O–H groups in total. The second-order valence-electron chi connectivity index (χ2n) is 9.70. The molecule has 5 rings (SSSR count). The number of H-pyrrole nitrogens is 1. The van der Waals surface area contributed by atoms with Crippen molar-refractivity contribution in [2.45, 2.75) is 39.0 Å². The average molecular weight is 521 g/mol. The zero-order valence-electron chi connectivity index (χ0n) is 21.9. The van der Waals surface area contributed by atoms with E-state index in [1.165, 1.54) is 24.3 Å². The van der Waals surface area contributed by atoms with Gasteiger partial charge < -0.3 is 29.8 Å². The van der Waals surface area contributed by atoms with Gasteiger partial charge in [0, 0.05) is 42.9 Å². The number of nitrogens with zero attached hydrogens (tertiary/aromatic N) is 1. The molecule has 1 aromatic carbocycles. The Hall–Kier alpha value is -3.85. The van der Waals surface area contributed by atoms with E-state index in [0.717, 1.165) is 30.5 Å². The van der Waals surface area contributed by atoms with Crippen LogP contribution in [-0.4, -0.2) is 49.4 Å². The SMILES string of the molecule is COc1c(F)cccc1Nc1c2[nH]c3c1C(=O)NCC3CCOCC/C(C)=C(/C)CCOc1cnccc1-2. The Morgan fingerprint density at radius 3 is 2.76 bits per heavy atom. The molecule has 2 aliphatic rings. The van der Waals surface area contributed by atoms with E-state index in [0.29, 0.717) is 54.7 Å². The van der Waals surface area contributed by atoms with Crippen molar-refractivity contribution in [1.82, 2.24) is 15.3 Å². The van der Waals surface area contributed by atoms with Crippen LogP contribution in [0.2, 0.25) is 0 Å². The predicted molar refractivity (Wildman–Crippen MR) is 144 cm³/mol. The number of anilines is 2. The molecular weight excluding hydrogens is 487 g/mol. The van der Waals surface area contributed by atoms with Gasteiger partial charge in [-0.1, -0.05) is 17.2 Å². The highest BCUT2D eigenvalue weighted by Gasteiger charge is 2.33. The van der Waals surface area contributed by atoms with Crippen LogP contribution in [0.3, 0.4) is 0 Å². The first-order valence-electron chi connectivity index (χ1n) is 12.9. The first kappa shape index (κ1) is 25.8. The van der Waals surface area contributed by atoms with E-state index >= 15 is 0 Å². The topological polar surface area (TPSA) is 97.5 Å². The highest BCUT2D eigenvalue weighted by Crippen LogP contribution is 2.44. The molecule has 0 spiro atoms. The van der Waals surface area contributed by atoms with E-state index in [9.17, 15) is 9.18 Å². The number of carbonyl (C=O) groups is 1. The molecule has 0 saturated carbocycles. The summed E-state index contributed by atoms with van der Waals surface area (Å²) in [5.74, 6) is -0.0265. The fraction of sp³-hybridized carbons (Fsp3) is 0.379. The van der Waals surface area contributed by atoms with Crippen molar-refractivity contribution in [3.05, 3.63) is 64.9 Å². The van der Waals surface area contributed by atoms with Gasteiger partial charge in [0.05, 0.1) is 49.2 Å². The molecule has 2 aliphatic heterocycles. The number of nitrogens with one attached hydrogen (secondary N) is 3. The molecule has 38 heavy (non-hydrogen) atoms. The van der Waals surface area contributed by atoms with Crippen molar-refractivity contribution in [3.63, 3.8) is 0 Å². The minimum atomic E-state index is -0.500. The molecule has 0 aliphatic carbocycles. The molecular formula is C29H33FN4O4. The lowest BCUT2D eigenvalue weighted by Crippen LogP contribution is -2.35. The van der Waals surface area contributed by atoms with Gasteiger partial charge in [0.1, 0.15) is 5.75 Å². The lowest BCUT2D eigenvalue weighted by molar-refractivity contribution is 0.0928. The molecule has 1 amide bonds. The number of methoxy groups -OCH3 is 1. The molecule has 0 fully saturated rings. The minimum Gasteiger partial charge on any atom is -0.492 e. The maximum absolute atomic E-state index is 14.6. The summed E-state index contributed by atoms with van der Waals surface area (Å²) in [6, 6.07) is 6.50. The lowest BCUT2D eigenvalue weighted by Gasteiger charge is -2.24. The number of amides is 1. The van der Waals surface area contributed by atoms with E-state index in [-0.39, 0.29) is 17.6 Å².